The Hall–Kier alpha value is -2.55. The van der Waals surface area contributed by atoms with Gasteiger partial charge in [-0.1, -0.05) is 55.5 Å². The Bertz CT molecular complexity index is 1150. The number of benzene rings is 2. The summed E-state index contributed by atoms with van der Waals surface area (Å²) in [7, 11) is 0. The summed E-state index contributed by atoms with van der Waals surface area (Å²) in [6.45, 7) is 2.21. The van der Waals surface area contributed by atoms with E-state index in [1.54, 1.807) is 0 Å². The first-order chi connectivity index (χ1) is 13.1. The van der Waals surface area contributed by atoms with Gasteiger partial charge < -0.3 is 5.32 Å². The number of hydrogen-bond acceptors (Lipinski definition) is 4. The largest absolute Gasteiger partial charge is 0.312 e. The maximum atomic E-state index is 13.0. The van der Waals surface area contributed by atoms with E-state index in [9.17, 15) is 10.1 Å². The number of rotatable bonds is 2. The van der Waals surface area contributed by atoms with Crippen molar-refractivity contribution >= 4 is 45.2 Å². The van der Waals surface area contributed by atoms with E-state index in [4.69, 9.17) is 12.2 Å². The van der Waals surface area contributed by atoms with Crippen molar-refractivity contribution in [3.8, 4) is 6.07 Å². The molecule has 0 fully saturated rings. The predicted molar refractivity (Wildman–Crippen MR) is 113 cm³/mol. The first-order valence-electron chi connectivity index (χ1n) is 8.96. The molecule has 4 rings (SSSR count). The van der Waals surface area contributed by atoms with Crippen molar-refractivity contribution < 1.29 is 4.79 Å². The monoisotopic (exact) mass is 390 g/mol. The van der Waals surface area contributed by atoms with E-state index >= 15 is 0 Å². The zero-order valence-corrected chi connectivity index (χ0v) is 16.5. The first kappa shape index (κ1) is 17.8. The van der Waals surface area contributed by atoms with Crippen LogP contribution in [0.15, 0.2) is 42.5 Å². The molecule has 1 atom stereocenters. The lowest BCUT2D eigenvalue weighted by Gasteiger charge is -2.23. The first-order valence-corrected chi connectivity index (χ1v) is 10.2. The Kier molecular flexibility index (Phi) is 4.77. The van der Waals surface area contributed by atoms with Gasteiger partial charge in [-0.25, -0.2) is 0 Å². The SMILES string of the molecule is CC1CCc2c(C#N)c(NC(=O)c3cccc4ccccc34)sc(=S)c2C1. The average Bonchev–Trinajstić information content (AvgIpc) is 2.68. The van der Waals surface area contributed by atoms with Crippen molar-refractivity contribution in [1.29, 1.82) is 5.26 Å². The quantitative estimate of drug-likeness (QED) is 0.556. The van der Waals surface area contributed by atoms with E-state index in [1.165, 1.54) is 11.3 Å². The van der Waals surface area contributed by atoms with Crippen molar-refractivity contribution in [2.75, 3.05) is 5.32 Å². The summed E-state index contributed by atoms with van der Waals surface area (Å²) >= 11 is 6.93. The number of amides is 1. The highest BCUT2D eigenvalue weighted by atomic mass is 32.1. The van der Waals surface area contributed by atoms with Gasteiger partial charge in [0.25, 0.3) is 5.91 Å². The van der Waals surface area contributed by atoms with Gasteiger partial charge >= 0.3 is 0 Å². The van der Waals surface area contributed by atoms with Gasteiger partial charge in [-0.15, -0.1) is 11.3 Å². The van der Waals surface area contributed by atoms with E-state index in [0.717, 1.165) is 45.0 Å². The number of nitrogens with one attached hydrogen (secondary N) is 1. The molecule has 1 amide bonds. The van der Waals surface area contributed by atoms with Crippen LogP contribution in [0.1, 0.15) is 40.4 Å². The Morgan fingerprint density at radius 1 is 1.22 bits per heavy atom. The standard InChI is InChI=1S/C22H18N2OS2/c1-13-9-10-16-18(11-13)22(26)27-21(19(16)12-23)24-20(25)17-8-4-6-14-5-2-3-7-15(14)17/h2-8,13H,9-11H2,1H3,(H,24,25). The molecule has 0 saturated carbocycles. The third kappa shape index (κ3) is 3.27. The van der Waals surface area contributed by atoms with E-state index in [2.05, 4.69) is 18.3 Å². The van der Waals surface area contributed by atoms with Gasteiger partial charge in [-0.3, -0.25) is 4.79 Å². The van der Waals surface area contributed by atoms with Crippen LogP contribution in [0.3, 0.4) is 0 Å². The van der Waals surface area contributed by atoms with Gasteiger partial charge in [0.1, 0.15) is 11.1 Å². The number of anilines is 1. The highest BCUT2D eigenvalue weighted by Gasteiger charge is 2.23. The number of nitriles is 1. The third-order valence-electron chi connectivity index (χ3n) is 5.15. The molecule has 1 N–H and O–H groups in total. The van der Waals surface area contributed by atoms with Gasteiger partial charge in [-0.2, -0.15) is 5.26 Å². The third-order valence-corrected chi connectivity index (χ3v) is 6.59. The van der Waals surface area contributed by atoms with Gasteiger partial charge in [0.15, 0.2) is 0 Å². The van der Waals surface area contributed by atoms with Crippen LogP contribution in [0.5, 0.6) is 0 Å². The molecule has 1 aliphatic carbocycles. The maximum Gasteiger partial charge on any atom is 0.256 e. The lowest BCUT2D eigenvalue weighted by molar-refractivity contribution is 0.102. The molecule has 1 aromatic heterocycles. The minimum atomic E-state index is -0.210. The van der Waals surface area contributed by atoms with E-state index in [-0.39, 0.29) is 5.91 Å². The molecule has 1 heterocycles. The number of hydrogen-bond donors (Lipinski definition) is 1. The Balaban J connectivity index is 1.77. The van der Waals surface area contributed by atoms with Crippen LogP contribution in [-0.2, 0) is 12.8 Å². The summed E-state index contributed by atoms with van der Waals surface area (Å²) in [5.74, 6) is 0.368. The molecular formula is C22H18N2OS2. The molecule has 2 aromatic carbocycles. The van der Waals surface area contributed by atoms with Crippen LogP contribution in [0.2, 0.25) is 0 Å². The molecule has 1 unspecified atom stereocenters. The summed E-state index contributed by atoms with van der Waals surface area (Å²) in [6, 6.07) is 15.8. The topological polar surface area (TPSA) is 52.9 Å². The van der Waals surface area contributed by atoms with Crippen LogP contribution in [-0.4, -0.2) is 5.91 Å². The molecule has 1 aliphatic rings. The highest BCUT2D eigenvalue weighted by molar-refractivity contribution is 7.73. The summed E-state index contributed by atoms with van der Waals surface area (Å²) in [5, 5.41) is 15.2. The number of carbonyl (C=O) groups excluding carboxylic acids is 1. The molecule has 134 valence electrons. The minimum Gasteiger partial charge on any atom is -0.312 e. The van der Waals surface area contributed by atoms with Crippen LogP contribution in [0.4, 0.5) is 5.00 Å². The fraction of sp³-hybridized carbons (Fsp3) is 0.227. The van der Waals surface area contributed by atoms with Gasteiger partial charge in [-0.05, 0) is 53.1 Å². The molecular weight excluding hydrogens is 372 g/mol. The lowest BCUT2D eigenvalue weighted by atomic mass is 9.85. The second-order valence-corrected chi connectivity index (χ2v) is 8.68. The highest BCUT2D eigenvalue weighted by Crippen LogP contribution is 2.36. The summed E-state index contributed by atoms with van der Waals surface area (Å²) in [6.07, 6.45) is 2.80. The Labute approximate surface area is 167 Å². The van der Waals surface area contributed by atoms with E-state index in [0.29, 0.717) is 22.0 Å². The summed E-state index contributed by atoms with van der Waals surface area (Å²) in [4.78, 5) is 13.0. The van der Waals surface area contributed by atoms with Crippen LogP contribution >= 0.6 is 23.6 Å². The summed E-state index contributed by atoms with van der Waals surface area (Å²) in [5.41, 5.74) is 3.31. The smallest absolute Gasteiger partial charge is 0.256 e. The van der Waals surface area contributed by atoms with Crippen molar-refractivity contribution in [2.24, 2.45) is 5.92 Å². The normalized spacial score (nSPS) is 15.8. The minimum absolute atomic E-state index is 0.210. The zero-order valence-electron chi connectivity index (χ0n) is 14.9. The molecule has 3 nitrogen and oxygen atoms in total. The molecule has 0 bridgehead atoms. The van der Waals surface area contributed by atoms with Crippen molar-refractivity contribution in [2.45, 2.75) is 26.2 Å². The molecule has 0 spiro atoms. The van der Waals surface area contributed by atoms with Crippen molar-refractivity contribution in [3.63, 3.8) is 0 Å². The van der Waals surface area contributed by atoms with E-state index < -0.39 is 0 Å². The molecule has 3 aromatic rings. The second-order valence-electron chi connectivity index (χ2n) is 6.99. The van der Waals surface area contributed by atoms with Crippen molar-refractivity contribution in [3.05, 3.63) is 68.5 Å². The van der Waals surface area contributed by atoms with E-state index in [1.807, 2.05) is 42.5 Å². The maximum absolute atomic E-state index is 13.0. The van der Waals surface area contributed by atoms with Gasteiger partial charge in [0.05, 0.1) is 9.39 Å². The Morgan fingerprint density at radius 2 is 2.00 bits per heavy atom. The fourth-order valence-electron chi connectivity index (χ4n) is 3.74. The number of fused-ring (bicyclic) bond motifs is 2. The van der Waals surface area contributed by atoms with Crippen molar-refractivity contribution in [1.82, 2.24) is 0 Å². The predicted octanol–water partition coefficient (Wildman–Crippen LogP) is 5.88. The molecule has 27 heavy (non-hydrogen) atoms. The molecule has 0 radical (unpaired) electrons. The zero-order chi connectivity index (χ0) is 19.0. The molecule has 5 heteroatoms. The number of nitrogens with zero attached hydrogens (tertiary/aromatic N) is 1. The molecule has 0 saturated heterocycles. The molecule has 0 aliphatic heterocycles. The van der Waals surface area contributed by atoms with Crippen LogP contribution < -0.4 is 5.32 Å². The Morgan fingerprint density at radius 3 is 2.81 bits per heavy atom. The van der Waals surface area contributed by atoms with Crippen LogP contribution in [0.25, 0.3) is 10.8 Å². The van der Waals surface area contributed by atoms with Gasteiger partial charge in [0, 0.05) is 5.56 Å². The summed E-state index contributed by atoms with van der Waals surface area (Å²) < 4.78 is 0.781. The fourth-order valence-corrected chi connectivity index (χ4v) is 5.13. The van der Waals surface area contributed by atoms with Gasteiger partial charge in [0.2, 0.25) is 0 Å². The van der Waals surface area contributed by atoms with Crippen LogP contribution in [0, 0.1) is 21.1 Å². The lowest BCUT2D eigenvalue weighted by Crippen LogP contribution is -2.17. The number of carbonyl (C=O) groups is 1. The second kappa shape index (κ2) is 7.22. The average molecular weight is 391 g/mol.